The van der Waals surface area contributed by atoms with Gasteiger partial charge in [-0.2, -0.15) is 16.9 Å². The van der Waals surface area contributed by atoms with Crippen LogP contribution in [0.15, 0.2) is 6.20 Å². The van der Waals surface area contributed by atoms with Crippen molar-refractivity contribution in [1.82, 2.24) is 9.78 Å². The van der Waals surface area contributed by atoms with Crippen molar-refractivity contribution < 1.29 is 4.92 Å². The Kier molecular flexibility index (Phi) is 3.71. The van der Waals surface area contributed by atoms with E-state index in [9.17, 15) is 10.1 Å². The summed E-state index contributed by atoms with van der Waals surface area (Å²) < 4.78 is 1.85. The lowest BCUT2D eigenvalue weighted by Crippen LogP contribution is -2.10. The quantitative estimate of drug-likeness (QED) is 0.613. The topological polar surface area (TPSA) is 61.0 Å². The largest absolute Gasteiger partial charge is 0.309 e. The molecule has 2 rings (SSSR count). The molecule has 0 aromatic carbocycles. The van der Waals surface area contributed by atoms with Gasteiger partial charge in [0, 0.05) is 0 Å². The summed E-state index contributed by atoms with van der Waals surface area (Å²) in [7, 11) is 0. The average molecular weight is 255 g/mol. The molecule has 6 heteroatoms. The molecule has 2 unspecified atom stereocenters. The molecule has 1 saturated carbocycles. The third kappa shape index (κ3) is 2.46. The Hall–Kier alpha value is -1.04. The Morgan fingerprint density at radius 1 is 1.65 bits per heavy atom. The smallest absolute Gasteiger partial charge is 0.260 e. The molecule has 0 bridgehead atoms. The molecule has 1 aliphatic carbocycles. The third-order valence-electron chi connectivity index (χ3n) is 3.48. The lowest BCUT2D eigenvalue weighted by atomic mass is 10.1. The van der Waals surface area contributed by atoms with Crippen LogP contribution in [0.2, 0.25) is 0 Å². The van der Waals surface area contributed by atoms with E-state index in [0.29, 0.717) is 11.7 Å². The van der Waals surface area contributed by atoms with Crippen molar-refractivity contribution in [3.05, 3.63) is 22.0 Å². The van der Waals surface area contributed by atoms with E-state index in [1.807, 2.05) is 16.4 Å². The van der Waals surface area contributed by atoms with E-state index >= 15 is 0 Å². The summed E-state index contributed by atoms with van der Waals surface area (Å²) in [4.78, 5) is 10.4. The average Bonchev–Trinajstić information content (AvgIpc) is 2.85. The molecule has 0 spiro atoms. The standard InChI is InChI=1S/C11H17N3O2S/c1-8-11(14(15)16)6-12-13(8)10-4-3-9(5-10)7-17-2/h6,9-10H,3-5,7H2,1-2H3. The number of hydrogen-bond acceptors (Lipinski definition) is 4. The van der Waals surface area contributed by atoms with Crippen LogP contribution in [0.25, 0.3) is 0 Å². The second kappa shape index (κ2) is 5.08. The first-order chi connectivity index (χ1) is 8.13. The molecule has 0 radical (unpaired) electrons. The Labute approximate surface area is 105 Å². The van der Waals surface area contributed by atoms with E-state index in [4.69, 9.17) is 0 Å². The highest BCUT2D eigenvalue weighted by Crippen LogP contribution is 2.37. The Balaban J connectivity index is 2.11. The maximum atomic E-state index is 10.8. The second-order valence-corrected chi connectivity index (χ2v) is 5.52. The van der Waals surface area contributed by atoms with Gasteiger partial charge in [-0.05, 0) is 44.1 Å². The van der Waals surface area contributed by atoms with E-state index < -0.39 is 0 Å². The molecule has 2 atom stereocenters. The lowest BCUT2D eigenvalue weighted by Gasteiger charge is -2.12. The van der Waals surface area contributed by atoms with Crippen LogP contribution in [0.4, 0.5) is 5.69 Å². The highest BCUT2D eigenvalue weighted by Gasteiger charge is 2.29. The Morgan fingerprint density at radius 3 is 3.00 bits per heavy atom. The maximum absolute atomic E-state index is 10.8. The van der Waals surface area contributed by atoms with E-state index in [1.165, 1.54) is 18.4 Å². The summed E-state index contributed by atoms with van der Waals surface area (Å²) in [5, 5.41) is 14.9. The van der Waals surface area contributed by atoms with Crippen LogP contribution in [0.1, 0.15) is 31.0 Å². The molecule has 0 aliphatic heterocycles. The predicted octanol–water partition coefficient (Wildman–Crippen LogP) is 2.80. The zero-order valence-electron chi connectivity index (χ0n) is 10.1. The highest BCUT2D eigenvalue weighted by molar-refractivity contribution is 7.98. The Morgan fingerprint density at radius 2 is 2.41 bits per heavy atom. The van der Waals surface area contributed by atoms with Crippen LogP contribution in [-0.4, -0.2) is 26.7 Å². The van der Waals surface area contributed by atoms with Crippen LogP contribution < -0.4 is 0 Å². The lowest BCUT2D eigenvalue weighted by molar-refractivity contribution is -0.385. The third-order valence-corrected chi connectivity index (χ3v) is 4.28. The molecule has 5 nitrogen and oxygen atoms in total. The second-order valence-electron chi connectivity index (χ2n) is 4.61. The fourth-order valence-electron chi connectivity index (χ4n) is 2.62. The van der Waals surface area contributed by atoms with E-state index in [2.05, 4.69) is 11.4 Å². The molecular formula is C11H17N3O2S. The SMILES string of the molecule is CSCC1CCC(n2ncc([N+](=O)[O-])c2C)C1. The van der Waals surface area contributed by atoms with E-state index in [-0.39, 0.29) is 10.6 Å². The summed E-state index contributed by atoms with van der Waals surface area (Å²) >= 11 is 1.87. The first kappa shape index (κ1) is 12.4. The molecule has 94 valence electrons. The monoisotopic (exact) mass is 255 g/mol. The fourth-order valence-corrected chi connectivity index (χ4v) is 3.39. The number of nitro groups is 1. The van der Waals surface area contributed by atoms with E-state index in [1.54, 1.807) is 6.92 Å². The van der Waals surface area contributed by atoms with Crippen molar-refractivity contribution in [2.24, 2.45) is 5.92 Å². The van der Waals surface area contributed by atoms with Crippen molar-refractivity contribution >= 4 is 17.4 Å². The van der Waals surface area contributed by atoms with Gasteiger partial charge < -0.3 is 0 Å². The molecule has 1 fully saturated rings. The summed E-state index contributed by atoms with van der Waals surface area (Å²) in [6, 6.07) is 0.348. The predicted molar refractivity (Wildman–Crippen MR) is 68.4 cm³/mol. The van der Waals surface area contributed by atoms with Gasteiger partial charge >= 0.3 is 5.69 Å². The van der Waals surface area contributed by atoms with Crippen LogP contribution in [0, 0.1) is 23.0 Å². The normalized spacial score (nSPS) is 24.1. The number of thioether (sulfide) groups is 1. The van der Waals surface area contributed by atoms with Gasteiger partial charge in [0.25, 0.3) is 0 Å². The molecular weight excluding hydrogens is 238 g/mol. The molecule has 0 amide bonds. The van der Waals surface area contributed by atoms with Crippen molar-refractivity contribution in [3.8, 4) is 0 Å². The molecule has 1 aromatic rings. The minimum atomic E-state index is -0.354. The van der Waals surface area contributed by atoms with Gasteiger partial charge in [0.2, 0.25) is 0 Å². The van der Waals surface area contributed by atoms with Crippen LogP contribution in [0.5, 0.6) is 0 Å². The number of rotatable bonds is 4. The molecule has 0 N–H and O–H groups in total. The van der Waals surface area contributed by atoms with Crippen LogP contribution in [0.3, 0.4) is 0 Å². The Bertz CT molecular complexity index is 419. The number of nitrogens with zero attached hydrogens (tertiary/aromatic N) is 3. The van der Waals surface area contributed by atoms with Gasteiger partial charge in [0.15, 0.2) is 0 Å². The van der Waals surface area contributed by atoms with Gasteiger partial charge in [0.1, 0.15) is 11.9 Å². The van der Waals surface area contributed by atoms with Crippen LogP contribution in [-0.2, 0) is 0 Å². The zero-order chi connectivity index (χ0) is 12.4. The maximum Gasteiger partial charge on any atom is 0.309 e. The minimum absolute atomic E-state index is 0.137. The van der Waals surface area contributed by atoms with Gasteiger partial charge in [-0.3, -0.25) is 14.8 Å². The fraction of sp³-hybridized carbons (Fsp3) is 0.727. The molecule has 1 heterocycles. The summed E-state index contributed by atoms with van der Waals surface area (Å²) in [6.45, 7) is 1.78. The number of aromatic nitrogens is 2. The summed E-state index contributed by atoms with van der Waals surface area (Å²) in [6.07, 6.45) is 6.89. The summed E-state index contributed by atoms with van der Waals surface area (Å²) in [5.41, 5.74) is 0.822. The van der Waals surface area contributed by atoms with Crippen molar-refractivity contribution in [1.29, 1.82) is 0 Å². The van der Waals surface area contributed by atoms with Crippen molar-refractivity contribution in [3.63, 3.8) is 0 Å². The van der Waals surface area contributed by atoms with E-state index in [0.717, 1.165) is 18.8 Å². The minimum Gasteiger partial charge on any atom is -0.260 e. The first-order valence-corrected chi connectivity index (χ1v) is 7.20. The van der Waals surface area contributed by atoms with Crippen molar-refractivity contribution in [2.75, 3.05) is 12.0 Å². The molecule has 1 aliphatic rings. The van der Waals surface area contributed by atoms with Gasteiger partial charge in [-0.15, -0.1) is 0 Å². The van der Waals surface area contributed by atoms with Crippen molar-refractivity contribution in [2.45, 2.75) is 32.2 Å². The highest BCUT2D eigenvalue weighted by atomic mass is 32.2. The van der Waals surface area contributed by atoms with Gasteiger partial charge in [-0.1, -0.05) is 0 Å². The molecule has 1 aromatic heterocycles. The van der Waals surface area contributed by atoms with Gasteiger partial charge in [-0.25, -0.2) is 0 Å². The summed E-state index contributed by atoms with van der Waals surface area (Å²) in [5.74, 6) is 1.91. The van der Waals surface area contributed by atoms with Crippen LogP contribution >= 0.6 is 11.8 Å². The first-order valence-electron chi connectivity index (χ1n) is 5.81. The zero-order valence-corrected chi connectivity index (χ0v) is 10.9. The molecule has 0 saturated heterocycles. The molecule has 17 heavy (non-hydrogen) atoms. The van der Waals surface area contributed by atoms with Gasteiger partial charge in [0.05, 0.1) is 11.0 Å². The number of hydrogen-bond donors (Lipinski definition) is 0.